The van der Waals surface area contributed by atoms with Crippen LogP contribution in [0.1, 0.15) is 11.1 Å². The number of aryl methyl sites for hydroxylation is 2. The van der Waals surface area contributed by atoms with Gasteiger partial charge in [-0.2, -0.15) is 0 Å². The van der Waals surface area contributed by atoms with E-state index in [-0.39, 0.29) is 10.0 Å². The summed E-state index contributed by atoms with van der Waals surface area (Å²) < 4.78 is 28.0. The van der Waals surface area contributed by atoms with E-state index in [1.54, 1.807) is 32.0 Å². The molecule has 2 aromatic rings. The van der Waals surface area contributed by atoms with Crippen molar-refractivity contribution in [2.75, 3.05) is 10.5 Å². The molecule has 1 aromatic carbocycles. The van der Waals surface area contributed by atoms with Gasteiger partial charge in [0, 0.05) is 5.69 Å². The summed E-state index contributed by atoms with van der Waals surface area (Å²) in [4.78, 5) is 4.10. The Bertz CT molecular complexity index is 786. The third-order valence-electron chi connectivity index (χ3n) is 2.80. The van der Waals surface area contributed by atoms with E-state index >= 15 is 0 Å². The van der Waals surface area contributed by atoms with E-state index in [1.165, 1.54) is 6.20 Å². The van der Waals surface area contributed by atoms with Crippen molar-refractivity contribution >= 4 is 48.9 Å². The maximum atomic E-state index is 12.5. The Kier molecular flexibility index (Phi) is 4.46. The number of rotatable bonds is 3. The molecule has 0 radical (unpaired) electrons. The van der Waals surface area contributed by atoms with Crippen molar-refractivity contribution < 1.29 is 8.42 Å². The summed E-state index contributed by atoms with van der Waals surface area (Å²) in [7, 11) is -3.73. The molecule has 0 spiro atoms. The zero-order chi connectivity index (χ0) is 15.8. The molecule has 21 heavy (non-hydrogen) atoms. The Morgan fingerprint density at radius 3 is 2.33 bits per heavy atom. The highest BCUT2D eigenvalue weighted by molar-refractivity contribution is 9.10. The molecule has 0 unspecified atom stereocenters. The van der Waals surface area contributed by atoms with Gasteiger partial charge in [0.15, 0.2) is 0 Å². The van der Waals surface area contributed by atoms with Gasteiger partial charge in [0.25, 0.3) is 10.0 Å². The van der Waals surface area contributed by atoms with Crippen LogP contribution in [-0.4, -0.2) is 13.4 Å². The molecule has 0 bridgehead atoms. The Morgan fingerprint density at radius 2 is 1.81 bits per heavy atom. The van der Waals surface area contributed by atoms with Gasteiger partial charge >= 0.3 is 0 Å². The van der Waals surface area contributed by atoms with Gasteiger partial charge in [-0.15, -0.1) is 0 Å². The second-order valence-corrected chi connectivity index (χ2v) is 7.42. The number of sulfonamides is 1. The standard InChI is InChI=1S/C13H13BrClN3O2S/c1-7-3-9(16)4-8(2)12(7)21(19,20)18-10-5-11(14)13(15)17-6-10/h3-6,18H,16H2,1-2H3. The van der Waals surface area contributed by atoms with Crippen molar-refractivity contribution in [2.24, 2.45) is 0 Å². The lowest BCUT2D eigenvalue weighted by molar-refractivity contribution is 0.600. The number of hydrogen-bond acceptors (Lipinski definition) is 4. The molecule has 5 nitrogen and oxygen atoms in total. The van der Waals surface area contributed by atoms with Crippen molar-refractivity contribution in [3.8, 4) is 0 Å². The first-order valence-electron chi connectivity index (χ1n) is 5.91. The first kappa shape index (κ1) is 16.1. The Morgan fingerprint density at radius 1 is 1.24 bits per heavy atom. The molecule has 0 fully saturated rings. The molecule has 2 rings (SSSR count). The topological polar surface area (TPSA) is 85.1 Å². The van der Waals surface area contributed by atoms with Gasteiger partial charge in [0.2, 0.25) is 0 Å². The number of benzene rings is 1. The molecule has 0 saturated carbocycles. The summed E-state index contributed by atoms with van der Waals surface area (Å²) >= 11 is 8.99. The maximum Gasteiger partial charge on any atom is 0.262 e. The summed E-state index contributed by atoms with van der Waals surface area (Å²) in [6.45, 7) is 3.40. The summed E-state index contributed by atoms with van der Waals surface area (Å²) in [6, 6.07) is 4.80. The molecule has 0 aliphatic carbocycles. The summed E-state index contributed by atoms with van der Waals surface area (Å²) in [5.41, 5.74) is 7.73. The largest absolute Gasteiger partial charge is 0.399 e. The minimum atomic E-state index is -3.73. The molecule has 0 aliphatic rings. The second-order valence-electron chi connectivity index (χ2n) is 4.59. The zero-order valence-corrected chi connectivity index (χ0v) is 14.5. The molecule has 1 aromatic heterocycles. The third kappa shape index (κ3) is 3.48. The molecule has 0 saturated heterocycles. The fourth-order valence-electron chi connectivity index (χ4n) is 2.09. The van der Waals surface area contributed by atoms with Crippen LogP contribution in [0.4, 0.5) is 11.4 Å². The van der Waals surface area contributed by atoms with Crippen molar-refractivity contribution in [3.05, 3.63) is 45.1 Å². The predicted octanol–water partition coefficient (Wildman–Crippen LogP) is 3.50. The molecule has 112 valence electrons. The molecule has 0 atom stereocenters. The smallest absolute Gasteiger partial charge is 0.262 e. The number of pyridine rings is 1. The highest BCUT2D eigenvalue weighted by Gasteiger charge is 2.20. The van der Waals surface area contributed by atoms with Crippen molar-refractivity contribution in [1.29, 1.82) is 0 Å². The number of nitrogen functional groups attached to an aromatic ring is 1. The minimum absolute atomic E-state index is 0.211. The van der Waals surface area contributed by atoms with E-state index in [2.05, 4.69) is 25.6 Å². The van der Waals surface area contributed by atoms with Gasteiger partial charge in [0.05, 0.1) is 21.3 Å². The van der Waals surface area contributed by atoms with Crippen LogP contribution in [0.25, 0.3) is 0 Å². The number of anilines is 2. The zero-order valence-electron chi connectivity index (χ0n) is 11.3. The fraction of sp³-hybridized carbons (Fsp3) is 0.154. The summed E-state index contributed by atoms with van der Waals surface area (Å²) in [5, 5.41) is 0.262. The molecule has 3 N–H and O–H groups in total. The van der Waals surface area contributed by atoms with Crippen molar-refractivity contribution in [1.82, 2.24) is 4.98 Å². The van der Waals surface area contributed by atoms with Crippen LogP contribution in [-0.2, 0) is 10.0 Å². The monoisotopic (exact) mass is 389 g/mol. The first-order valence-corrected chi connectivity index (χ1v) is 8.56. The fourth-order valence-corrected chi connectivity index (χ4v) is 4.03. The lowest BCUT2D eigenvalue weighted by Gasteiger charge is -2.13. The van der Waals surface area contributed by atoms with E-state index in [0.717, 1.165) is 0 Å². The van der Waals surface area contributed by atoms with Crippen LogP contribution in [0.3, 0.4) is 0 Å². The van der Waals surface area contributed by atoms with Crippen LogP contribution >= 0.6 is 27.5 Å². The van der Waals surface area contributed by atoms with E-state index in [4.69, 9.17) is 17.3 Å². The summed E-state index contributed by atoms with van der Waals surface area (Å²) in [6.07, 6.45) is 1.35. The first-order chi connectivity index (χ1) is 9.70. The molecular formula is C13H13BrClN3O2S. The number of aromatic nitrogens is 1. The average Bonchev–Trinajstić information content (AvgIpc) is 2.31. The second kappa shape index (κ2) is 5.82. The van der Waals surface area contributed by atoms with Crippen molar-refractivity contribution in [2.45, 2.75) is 18.7 Å². The molecule has 1 heterocycles. The Hall–Kier alpha value is -1.31. The van der Waals surface area contributed by atoms with E-state index in [9.17, 15) is 8.42 Å². The predicted molar refractivity (Wildman–Crippen MR) is 88.1 cm³/mol. The molecule has 8 heteroatoms. The molecule has 0 amide bonds. The maximum absolute atomic E-state index is 12.5. The van der Waals surface area contributed by atoms with Gasteiger partial charge in [-0.25, -0.2) is 13.4 Å². The van der Waals surface area contributed by atoms with Crippen LogP contribution < -0.4 is 10.5 Å². The van der Waals surface area contributed by atoms with Crippen LogP contribution in [0.15, 0.2) is 33.8 Å². The lowest BCUT2D eigenvalue weighted by Crippen LogP contribution is -2.16. The van der Waals surface area contributed by atoms with Crippen LogP contribution in [0.2, 0.25) is 5.15 Å². The summed E-state index contributed by atoms with van der Waals surface area (Å²) in [5.74, 6) is 0. The van der Waals surface area contributed by atoms with E-state index in [1.807, 2.05) is 0 Å². The van der Waals surface area contributed by atoms with Gasteiger partial charge in [-0.05, 0) is 59.1 Å². The lowest BCUT2D eigenvalue weighted by atomic mass is 10.1. The number of nitrogens with zero attached hydrogens (tertiary/aromatic N) is 1. The van der Waals surface area contributed by atoms with Crippen LogP contribution in [0.5, 0.6) is 0 Å². The van der Waals surface area contributed by atoms with E-state index < -0.39 is 10.0 Å². The quantitative estimate of drug-likeness (QED) is 0.620. The number of nitrogens with one attached hydrogen (secondary N) is 1. The van der Waals surface area contributed by atoms with E-state index in [0.29, 0.717) is 27.0 Å². The highest BCUT2D eigenvalue weighted by Crippen LogP contribution is 2.27. The normalized spacial score (nSPS) is 11.4. The number of hydrogen-bond donors (Lipinski definition) is 2. The molecule has 0 aliphatic heterocycles. The van der Waals surface area contributed by atoms with Gasteiger partial charge < -0.3 is 5.73 Å². The average molecular weight is 391 g/mol. The minimum Gasteiger partial charge on any atom is -0.399 e. The highest BCUT2D eigenvalue weighted by atomic mass is 79.9. The van der Waals surface area contributed by atoms with Gasteiger partial charge in [0.1, 0.15) is 5.15 Å². The Balaban J connectivity index is 2.46. The van der Waals surface area contributed by atoms with Crippen LogP contribution in [0, 0.1) is 13.8 Å². The number of nitrogens with two attached hydrogens (primary N) is 1. The third-order valence-corrected chi connectivity index (χ3v) is 5.62. The molecular weight excluding hydrogens is 378 g/mol. The Labute approximate surface area is 136 Å². The van der Waals surface area contributed by atoms with Gasteiger partial charge in [-0.3, -0.25) is 4.72 Å². The van der Waals surface area contributed by atoms with Gasteiger partial charge in [-0.1, -0.05) is 11.6 Å². The SMILES string of the molecule is Cc1cc(N)cc(C)c1S(=O)(=O)Nc1cnc(Cl)c(Br)c1. The van der Waals surface area contributed by atoms with Crippen molar-refractivity contribution in [3.63, 3.8) is 0 Å². The number of halogens is 2.